The number of nitrogens with two attached hydrogens (primary N) is 1. The van der Waals surface area contributed by atoms with Crippen molar-refractivity contribution >= 4 is 5.91 Å². The summed E-state index contributed by atoms with van der Waals surface area (Å²) >= 11 is 0. The number of benzene rings is 2. The zero-order valence-electron chi connectivity index (χ0n) is 13.6. The van der Waals surface area contributed by atoms with Crippen molar-refractivity contribution in [1.29, 1.82) is 0 Å². The predicted octanol–water partition coefficient (Wildman–Crippen LogP) is 2.40. The van der Waals surface area contributed by atoms with E-state index in [1.807, 2.05) is 18.2 Å². The maximum atomic E-state index is 12.8. The Morgan fingerprint density at radius 2 is 1.74 bits per heavy atom. The second-order valence-electron chi connectivity index (χ2n) is 6.02. The summed E-state index contributed by atoms with van der Waals surface area (Å²) in [5.41, 5.74) is 2.12. The molecule has 3 N–H and O–H groups in total. The lowest BCUT2D eigenvalue weighted by Gasteiger charge is -2.19. The number of amides is 1. The molecule has 0 aromatic heterocycles. The Morgan fingerprint density at radius 1 is 1.09 bits per heavy atom. The van der Waals surface area contributed by atoms with Crippen molar-refractivity contribution in [1.82, 2.24) is 5.32 Å². The molecule has 4 heteroatoms. The van der Waals surface area contributed by atoms with Gasteiger partial charge >= 0.3 is 0 Å². The lowest BCUT2D eigenvalue weighted by atomic mass is 9.96. The molecule has 0 spiro atoms. The predicted molar refractivity (Wildman–Crippen MR) is 89.1 cm³/mol. The van der Waals surface area contributed by atoms with Crippen LogP contribution in [0.1, 0.15) is 31.0 Å². The highest BCUT2D eigenvalue weighted by molar-refractivity contribution is 5.76. The van der Waals surface area contributed by atoms with Crippen LogP contribution in [0.4, 0.5) is 4.39 Å². The molecule has 0 heterocycles. The lowest BCUT2D eigenvalue weighted by Crippen LogP contribution is -2.88. The molecule has 0 aliphatic rings. The number of carbonyl (C=O) groups is 1. The zero-order valence-corrected chi connectivity index (χ0v) is 13.6. The second kappa shape index (κ2) is 8.44. The number of carbonyl (C=O) groups excluding carboxylic acids is 1. The van der Waals surface area contributed by atoms with E-state index in [1.165, 1.54) is 17.7 Å². The fraction of sp³-hybridized carbons (Fsp3) is 0.316. The average molecular weight is 315 g/mol. The van der Waals surface area contributed by atoms with Gasteiger partial charge in [-0.05, 0) is 17.7 Å². The number of quaternary nitrogens is 1. The van der Waals surface area contributed by atoms with Gasteiger partial charge in [-0.25, -0.2) is 4.39 Å². The minimum atomic E-state index is -0.268. The van der Waals surface area contributed by atoms with Gasteiger partial charge in [0.05, 0.1) is 0 Å². The fourth-order valence-electron chi connectivity index (χ4n) is 2.58. The summed E-state index contributed by atoms with van der Waals surface area (Å²) in [6, 6.07) is 16.6. The van der Waals surface area contributed by atoms with Crippen molar-refractivity contribution in [2.45, 2.75) is 26.4 Å². The van der Waals surface area contributed by atoms with Crippen molar-refractivity contribution in [3.63, 3.8) is 0 Å². The van der Waals surface area contributed by atoms with Crippen LogP contribution in [0, 0.1) is 11.7 Å². The van der Waals surface area contributed by atoms with Crippen LogP contribution in [0.3, 0.4) is 0 Å². The van der Waals surface area contributed by atoms with Gasteiger partial charge in [0.15, 0.2) is 6.54 Å². The smallest absolute Gasteiger partial charge is 0.275 e. The molecule has 3 nitrogen and oxygen atoms in total. The van der Waals surface area contributed by atoms with Crippen molar-refractivity contribution in [2.24, 2.45) is 5.92 Å². The van der Waals surface area contributed by atoms with Crippen LogP contribution in [0.15, 0.2) is 54.6 Å². The molecule has 23 heavy (non-hydrogen) atoms. The molecule has 0 aliphatic heterocycles. The van der Waals surface area contributed by atoms with Crippen LogP contribution in [0.2, 0.25) is 0 Å². The molecule has 0 radical (unpaired) electrons. The minimum absolute atomic E-state index is 0.0177. The van der Waals surface area contributed by atoms with E-state index in [9.17, 15) is 9.18 Å². The third-order valence-corrected chi connectivity index (χ3v) is 3.86. The number of halogens is 1. The highest BCUT2D eigenvalue weighted by Crippen LogP contribution is 2.16. The molecule has 2 aromatic carbocycles. The zero-order chi connectivity index (χ0) is 16.7. The summed E-state index contributed by atoms with van der Waals surface area (Å²) < 4.78 is 12.8. The highest BCUT2D eigenvalue weighted by atomic mass is 19.1. The maximum Gasteiger partial charge on any atom is 0.275 e. The Kier molecular flexibility index (Phi) is 6.29. The molecule has 0 saturated carbocycles. The fourth-order valence-corrected chi connectivity index (χ4v) is 2.58. The van der Waals surface area contributed by atoms with Gasteiger partial charge in [-0.3, -0.25) is 4.79 Å². The van der Waals surface area contributed by atoms with Gasteiger partial charge in [0.1, 0.15) is 11.9 Å². The molecule has 1 atom stereocenters. The quantitative estimate of drug-likeness (QED) is 0.810. The maximum absolute atomic E-state index is 12.8. The normalized spacial score (nSPS) is 12.2. The Hall–Kier alpha value is -2.20. The summed E-state index contributed by atoms with van der Waals surface area (Å²) in [6.07, 6.45) is 0. The van der Waals surface area contributed by atoms with E-state index in [1.54, 1.807) is 12.1 Å². The molecular formula is C19H24FN2O+. The summed E-state index contributed by atoms with van der Waals surface area (Å²) in [4.78, 5) is 12.0. The van der Waals surface area contributed by atoms with Gasteiger partial charge in [-0.1, -0.05) is 56.3 Å². The molecular weight excluding hydrogens is 291 g/mol. The summed E-state index contributed by atoms with van der Waals surface area (Å²) in [5.74, 6) is 0.147. The molecule has 0 saturated heterocycles. The molecule has 0 bridgehead atoms. The van der Waals surface area contributed by atoms with Crippen molar-refractivity contribution in [3.05, 3.63) is 71.5 Å². The summed E-state index contributed by atoms with van der Waals surface area (Å²) in [5, 5.41) is 4.94. The van der Waals surface area contributed by atoms with E-state index in [2.05, 4.69) is 36.6 Å². The first-order valence-corrected chi connectivity index (χ1v) is 7.95. The molecule has 122 valence electrons. The summed E-state index contributed by atoms with van der Waals surface area (Å²) in [6.45, 7) is 5.11. The standard InChI is InChI=1S/C19H23FN2O/c1-14(2)19(16-6-4-3-5-7-16)22-13-18(23)21-12-15-8-10-17(20)11-9-15/h3-11,14,19,22H,12-13H2,1-2H3,(H,21,23)/p+1/t19-/m0/s1. The Labute approximate surface area is 136 Å². The van der Waals surface area contributed by atoms with Crippen LogP contribution in [0.25, 0.3) is 0 Å². The van der Waals surface area contributed by atoms with Crippen molar-refractivity contribution < 1.29 is 14.5 Å². The third-order valence-electron chi connectivity index (χ3n) is 3.86. The molecule has 2 rings (SSSR count). The third kappa shape index (κ3) is 5.49. The highest BCUT2D eigenvalue weighted by Gasteiger charge is 2.19. The van der Waals surface area contributed by atoms with Gasteiger partial charge < -0.3 is 10.6 Å². The monoisotopic (exact) mass is 315 g/mol. The average Bonchev–Trinajstić information content (AvgIpc) is 2.55. The van der Waals surface area contributed by atoms with Gasteiger partial charge in [0.25, 0.3) is 5.91 Å². The van der Waals surface area contributed by atoms with Crippen LogP contribution in [-0.2, 0) is 11.3 Å². The van der Waals surface area contributed by atoms with Crippen LogP contribution < -0.4 is 10.6 Å². The molecule has 0 aliphatic carbocycles. The van der Waals surface area contributed by atoms with E-state index < -0.39 is 0 Å². The number of hydrogen-bond donors (Lipinski definition) is 2. The molecule has 1 amide bonds. The first kappa shape index (κ1) is 17.2. The van der Waals surface area contributed by atoms with Gasteiger partial charge in [0.2, 0.25) is 0 Å². The number of hydrogen-bond acceptors (Lipinski definition) is 1. The first-order chi connectivity index (χ1) is 11.1. The van der Waals surface area contributed by atoms with Crippen molar-refractivity contribution in [3.8, 4) is 0 Å². The summed E-state index contributed by atoms with van der Waals surface area (Å²) in [7, 11) is 0. The Balaban J connectivity index is 1.83. The minimum Gasteiger partial charge on any atom is -0.347 e. The van der Waals surface area contributed by atoms with Gasteiger partial charge in [-0.15, -0.1) is 0 Å². The van der Waals surface area contributed by atoms with Gasteiger partial charge in [0, 0.05) is 18.0 Å². The van der Waals surface area contributed by atoms with Crippen molar-refractivity contribution in [2.75, 3.05) is 6.54 Å². The van der Waals surface area contributed by atoms with E-state index in [4.69, 9.17) is 0 Å². The Morgan fingerprint density at radius 3 is 2.35 bits per heavy atom. The van der Waals surface area contributed by atoms with Crippen LogP contribution in [-0.4, -0.2) is 12.5 Å². The van der Waals surface area contributed by atoms with E-state index in [0.717, 1.165) is 5.56 Å². The first-order valence-electron chi connectivity index (χ1n) is 7.95. The SMILES string of the molecule is CC(C)[C@H]([NH2+]CC(=O)NCc1ccc(F)cc1)c1ccccc1. The van der Waals surface area contributed by atoms with Crippen LogP contribution in [0.5, 0.6) is 0 Å². The molecule has 0 unspecified atom stereocenters. The van der Waals surface area contributed by atoms with E-state index in [-0.39, 0.29) is 17.8 Å². The number of rotatable bonds is 7. The molecule has 0 fully saturated rings. The molecule has 2 aromatic rings. The largest absolute Gasteiger partial charge is 0.347 e. The van der Waals surface area contributed by atoms with Crippen LogP contribution >= 0.6 is 0 Å². The van der Waals surface area contributed by atoms with E-state index in [0.29, 0.717) is 19.0 Å². The Bertz CT molecular complexity index is 611. The van der Waals surface area contributed by atoms with Gasteiger partial charge in [-0.2, -0.15) is 0 Å². The topological polar surface area (TPSA) is 45.7 Å². The number of nitrogens with one attached hydrogen (secondary N) is 1. The second-order valence-corrected chi connectivity index (χ2v) is 6.02. The van der Waals surface area contributed by atoms with E-state index >= 15 is 0 Å². The lowest BCUT2D eigenvalue weighted by molar-refractivity contribution is -0.692.